The van der Waals surface area contributed by atoms with Crippen molar-refractivity contribution in [3.63, 3.8) is 0 Å². The van der Waals surface area contributed by atoms with Crippen molar-refractivity contribution in [3.8, 4) is 17.0 Å². The van der Waals surface area contributed by atoms with E-state index in [0.717, 1.165) is 29.4 Å². The molecule has 0 amide bonds. The molecule has 0 saturated carbocycles. The standard InChI is InChI=1S/C23H30N6O/c1-22(2)12-15(13-23(3,4)28-22)29(5)20-7-6-18(26-27-20)17-11-16-14(10-19(17)30)8-9-25-21(16)24/h6-11,15,28,30H,12-13H2,1-5H3,(H2,24,25). The lowest BCUT2D eigenvalue weighted by atomic mass is 9.79. The van der Waals surface area contributed by atoms with Gasteiger partial charge in [-0.25, -0.2) is 4.98 Å². The number of aromatic nitrogens is 3. The lowest BCUT2D eigenvalue weighted by Crippen LogP contribution is -2.62. The molecule has 1 saturated heterocycles. The van der Waals surface area contributed by atoms with Gasteiger partial charge in [0.1, 0.15) is 11.6 Å². The third-order valence-corrected chi connectivity index (χ3v) is 5.92. The van der Waals surface area contributed by atoms with Crippen LogP contribution in [0, 0.1) is 0 Å². The number of phenolic OH excluding ortho intramolecular Hbond substituents is 1. The van der Waals surface area contributed by atoms with Gasteiger partial charge in [0, 0.05) is 41.3 Å². The first-order chi connectivity index (χ1) is 14.0. The number of hydrogen-bond donors (Lipinski definition) is 3. The molecule has 7 heteroatoms. The Kier molecular flexibility index (Phi) is 4.81. The largest absolute Gasteiger partial charge is 0.507 e. The van der Waals surface area contributed by atoms with E-state index in [1.165, 1.54) is 0 Å². The summed E-state index contributed by atoms with van der Waals surface area (Å²) in [7, 11) is 2.08. The maximum atomic E-state index is 10.5. The van der Waals surface area contributed by atoms with Crippen LogP contribution in [-0.2, 0) is 0 Å². The number of aromatic hydroxyl groups is 1. The Morgan fingerprint density at radius 2 is 1.77 bits per heavy atom. The number of hydrogen-bond acceptors (Lipinski definition) is 7. The van der Waals surface area contributed by atoms with E-state index in [1.807, 2.05) is 24.3 Å². The predicted octanol–water partition coefficient (Wildman–Crippen LogP) is 3.73. The van der Waals surface area contributed by atoms with Crippen LogP contribution in [0.2, 0.25) is 0 Å². The molecule has 0 radical (unpaired) electrons. The molecule has 0 atom stereocenters. The number of piperidine rings is 1. The highest BCUT2D eigenvalue weighted by Crippen LogP contribution is 2.35. The molecule has 3 aromatic rings. The van der Waals surface area contributed by atoms with Crippen LogP contribution in [0.3, 0.4) is 0 Å². The number of nitrogen functional groups attached to an aromatic ring is 1. The van der Waals surface area contributed by atoms with Gasteiger partial charge in [-0.15, -0.1) is 10.2 Å². The normalized spacial score (nSPS) is 18.4. The second-order valence-corrected chi connectivity index (χ2v) is 9.63. The molecule has 0 bridgehead atoms. The summed E-state index contributed by atoms with van der Waals surface area (Å²) < 4.78 is 0. The zero-order valence-corrected chi connectivity index (χ0v) is 18.3. The van der Waals surface area contributed by atoms with Gasteiger partial charge >= 0.3 is 0 Å². The highest BCUT2D eigenvalue weighted by molar-refractivity contribution is 5.95. The molecule has 7 nitrogen and oxygen atoms in total. The first-order valence-electron chi connectivity index (χ1n) is 10.3. The van der Waals surface area contributed by atoms with Crippen molar-refractivity contribution >= 4 is 22.4 Å². The van der Waals surface area contributed by atoms with Crippen molar-refractivity contribution < 1.29 is 5.11 Å². The van der Waals surface area contributed by atoms with Gasteiger partial charge in [-0.3, -0.25) is 0 Å². The minimum atomic E-state index is 0.0545. The summed E-state index contributed by atoms with van der Waals surface area (Å²) in [6, 6.07) is 9.53. The number of pyridine rings is 1. The quantitative estimate of drug-likeness (QED) is 0.609. The highest BCUT2D eigenvalue weighted by atomic mass is 16.3. The average molecular weight is 407 g/mol. The minimum absolute atomic E-state index is 0.0545. The van der Waals surface area contributed by atoms with Crippen molar-refractivity contribution in [2.45, 2.75) is 57.7 Å². The molecule has 1 fully saturated rings. The Morgan fingerprint density at radius 1 is 1.07 bits per heavy atom. The number of nitrogens with two attached hydrogens (primary N) is 1. The molecule has 2 aromatic heterocycles. The Labute approximate surface area is 177 Å². The third-order valence-electron chi connectivity index (χ3n) is 5.92. The van der Waals surface area contributed by atoms with Crippen molar-refractivity contribution in [3.05, 3.63) is 36.5 Å². The van der Waals surface area contributed by atoms with Gasteiger partial charge < -0.3 is 21.1 Å². The van der Waals surface area contributed by atoms with E-state index in [-0.39, 0.29) is 16.8 Å². The molecule has 158 valence electrons. The lowest BCUT2D eigenvalue weighted by Gasteiger charge is -2.49. The molecule has 30 heavy (non-hydrogen) atoms. The Balaban J connectivity index is 1.62. The van der Waals surface area contributed by atoms with Gasteiger partial charge in [0.25, 0.3) is 0 Å². The van der Waals surface area contributed by atoms with Crippen LogP contribution in [0.25, 0.3) is 22.0 Å². The fourth-order valence-corrected chi connectivity index (χ4v) is 4.82. The van der Waals surface area contributed by atoms with Gasteiger partial charge in [0.15, 0.2) is 5.82 Å². The van der Waals surface area contributed by atoms with Gasteiger partial charge in [-0.05, 0) is 76.3 Å². The number of nitrogens with zero attached hydrogens (tertiary/aromatic N) is 4. The van der Waals surface area contributed by atoms with E-state index in [9.17, 15) is 5.11 Å². The van der Waals surface area contributed by atoms with Crippen molar-refractivity contribution in [1.29, 1.82) is 0 Å². The van der Waals surface area contributed by atoms with Crippen molar-refractivity contribution in [2.24, 2.45) is 0 Å². The maximum Gasteiger partial charge on any atom is 0.151 e. The molecule has 1 aromatic carbocycles. The smallest absolute Gasteiger partial charge is 0.151 e. The Morgan fingerprint density at radius 3 is 2.40 bits per heavy atom. The summed E-state index contributed by atoms with van der Waals surface area (Å²) in [4.78, 5) is 6.34. The summed E-state index contributed by atoms with van der Waals surface area (Å²) in [6.07, 6.45) is 3.67. The van der Waals surface area contributed by atoms with Gasteiger partial charge in [-0.1, -0.05) is 0 Å². The molecule has 3 heterocycles. The first-order valence-corrected chi connectivity index (χ1v) is 10.3. The van der Waals surface area contributed by atoms with Crippen LogP contribution in [0.4, 0.5) is 11.6 Å². The van der Waals surface area contributed by atoms with E-state index >= 15 is 0 Å². The molecule has 1 aliphatic heterocycles. The number of benzene rings is 1. The second kappa shape index (κ2) is 7.09. The van der Waals surface area contributed by atoms with E-state index in [1.54, 1.807) is 12.3 Å². The molecule has 0 spiro atoms. The summed E-state index contributed by atoms with van der Waals surface area (Å²) >= 11 is 0. The van der Waals surface area contributed by atoms with Gasteiger partial charge in [0.2, 0.25) is 0 Å². The fourth-order valence-electron chi connectivity index (χ4n) is 4.82. The first kappa shape index (κ1) is 20.3. The Bertz CT molecular complexity index is 1060. The lowest BCUT2D eigenvalue weighted by molar-refractivity contribution is 0.160. The van der Waals surface area contributed by atoms with Crippen molar-refractivity contribution in [1.82, 2.24) is 20.5 Å². The molecular weight excluding hydrogens is 376 g/mol. The Hall–Kier alpha value is -2.93. The summed E-state index contributed by atoms with van der Waals surface area (Å²) in [6.45, 7) is 8.97. The van der Waals surface area contributed by atoms with Crippen LogP contribution >= 0.6 is 0 Å². The predicted molar refractivity (Wildman–Crippen MR) is 122 cm³/mol. The van der Waals surface area contributed by atoms with Crippen molar-refractivity contribution in [2.75, 3.05) is 17.7 Å². The number of fused-ring (bicyclic) bond motifs is 1. The number of nitrogens with one attached hydrogen (secondary N) is 1. The van der Waals surface area contributed by atoms with Crippen LogP contribution in [0.1, 0.15) is 40.5 Å². The van der Waals surface area contributed by atoms with Crippen LogP contribution in [0.15, 0.2) is 36.5 Å². The van der Waals surface area contributed by atoms with E-state index in [0.29, 0.717) is 23.1 Å². The monoisotopic (exact) mass is 406 g/mol. The van der Waals surface area contributed by atoms with E-state index < -0.39 is 0 Å². The second-order valence-electron chi connectivity index (χ2n) is 9.63. The van der Waals surface area contributed by atoms with Gasteiger partial charge in [0.05, 0.1) is 5.69 Å². The van der Waals surface area contributed by atoms with E-state index in [4.69, 9.17) is 5.73 Å². The summed E-state index contributed by atoms with van der Waals surface area (Å²) in [5.74, 6) is 1.39. The maximum absolute atomic E-state index is 10.5. The molecule has 4 N–H and O–H groups in total. The molecule has 0 unspecified atom stereocenters. The van der Waals surface area contributed by atoms with Crippen LogP contribution in [-0.4, -0.2) is 44.5 Å². The van der Waals surface area contributed by atoms with Crippen LogP contribution in [0.5, 0.6) is 5.75 Å². The highest BCUT2D eigenvalue weighted by Gasteiger charge is 2.39. The molecular formula is C23H30N6O. The zero-order chi connectivity index (χ0) is 21.7. The zero-order valence-electron chi connectivity index (χ0n) is 18.3. The summed E-state index contributed by atoms with van der Waals surface area (Å²) in [5.41, 5.74) is 7.30. The molecule has 1 aliphatic rings. The molecule has 4 rings (SSSR count). The topological polar surface area (TPSA) is 100 Å². The van der Waals surface area contributed by atoms with E-state index in [2.05, 4.69) is 60.1 Å². The SMILES string of the molecule is CN(c1ccc(-c2cc3c(N)nccc3cc2O)nn1)C1CC(C)(C)NC(C)(C)C1. The van der Waals surface area contributed by atoms with Crippen LogP contribution < -0.4 is 16.0 Å². The number of phenols is 1. The summed E-state index contributed by atoms with van der Waals surface area (Å²) in [5, 5.41) is 24.7. The molecule has 0 aliphatic carbocycles. The van der Waals surface area contributed by atoms with Gasteiger partial charge in [-0.2, -0.15) is 0 Å². The number of rotatable bonds is 3. The minimum Gasteiger partial charge on any atom is -0.507 e. The average Bonchev–Trinajstić information content (AvgIpc) is 2.65. The third kappa shape index (κ3) is 3.89. The number of anilines is 2. The fraction of sp³-hybridized carbons (Fsp3) is 0.435.